The van der Waals surface area contributed by atoms with E-state index in [1.54, 1.807) is 18.2 Å². The number of ether oxygens (including phenoxy) is 2. The van der Waals surface area contributed by atoms with Crippen molar-refractivity contribution in [1.82, 2.24) is 0 Å². The van der Waals surface area contributed by atoms with Gasteiger partial charge in [-0.25, -0.2) is 0 Å². The highest BCUT2D eigenvalue weighted by molar-refractivity contribution is 6.35. The van der Waals surface area contributed by atoms with Crippen molar-refractivity contribution in [2.24, 2.45) is 0 Å². The van der Waals surface area contributed by atoms with Crippen molar-refractivity contribution < 1.29 is 9.47 Å². The van der Waals surface area contributed by atoms with E-state index in [2.05, 4.69) is 12.2 Å². The van der Waals surface area contributed by atoms with Crippen molar-refractivity contribution in [2.75, 3.05) is 18.5 Å². The molecule has 0 aliphatic carbocycles. The lowest BCUT2D eigenvalue weighted by molar-refractivity contribution is 0.235. The van der Waals surface area contributed by atoms with Gasteiger partial charge in [0.25, 0.3) is 0 Å². The van der Waals surface area contributed by atoms with Crippen molar-refractivity contribution in [3.63, 3.8) is 0 Å². The van der Waals surface area contributed by atoms with Gasteiger partial charge in [0, 0.05) is 16.8 Å². The summed E-state index contributed by atoms with van der Waals surface area (Å²) in [4.78, 5) is 0. The predicted octanol–water partition coefficient (Wildman–Crippen LogP) is 5.66. The molecule has 1 N–H and O–H groups in total. The Hall–Kier alpha value is -1.58. The highest BCUT2D eigenvalue weighted by Crippen LogP contribution is 2.28. The number of nitrogens with one attached hydrogen (secondary N) is 1. The average molecular weight is 354 g/mol. The number of hydrogen-bond acceptors (Lipinski definition) is 3. The van der Waals surface area contributed by atoms with E-state index in [1.165, 1.54) is 0 Å². The van der Waals surface area contributed by atoms with Crippen molar-refractivity contribution in [3.05, 3.63) is 52.5 Å². The molecular weight excluding hydrogens is 333 g/mol. The van der Waals surface area contributed by atoms with Crippen LogP contribution >= 0.6 is 23.2 Å². The molecule has 0 aliphatic heterocycles. The van der Waals surface area contributed by atoms with Crippen LogP contribution in [-0.4, -0.2) is 19.3 Å². The monoisotopic (exact) mass is 353 g/mol. The minimum atomic E-state index is -0.0473. The summed E-state index contributed by atoms with van der Waals surface area (Å²) in [5, 5.41) is 4.45. The lowest BCUT2D eigenvalue weighted by Crippen LogP contribution is -2.22. The highest BCUT2D eigenvalue weighted by atomic mass is 35.5. The number of rotatable bonds is 8. The molecule has 5 heteroatoms. The fourth-order valence-electron chi connectivity index (χ4n) is 2.01. The molecule has 1 unspecified atom stereocenters. The Morgan fingerprint density at radius 3 is 2.70 bits per heavy atom. The summed E-state index contributed by atoms with van der Waals surface area (Å²) in [5.74, 6) is 1.50. The molecule has 0 fully saturated rings. The Morgan fingerprint density at radius 2 is 1.96 bits per heavy atom. The predicted molar refractivity (Wildman–Crippen MR) is 97.3 cm³/mol. The van der Waals surface area contributed by atoms with E-state index in [0.717, 1.165) is 24.5 Å². The molecule has 23 heavy (non-hydrogen) atoms. The Labute approximate surface area is 147 Å². The molecule has 0 spiro atoms. The molecule has 3 nitrogen and oxygen atoms in total. The molecular formula is C18H21Cl2NO2. The van der Waals surface area contributed by atoms with E-state index in [4.69, 9.17) is 32.7 Å². The first kappa shape index (κ1) is 17.8. The van der Waals surface area contributed by atoms with Crippen LogP contribution in [0, 0.1) is 0 Å². The van der Waals surface area contributed by atoms with Crippen LogP contribution in [0.4, 0.5) is 5.69 Å². The van der Waals surface area contributed by atoms with Gasteiger partial charge in [-0.05, 0) is 43.7 Å². The highest BCUT2D eigenvalue weighted by Gasteiger charge is 2.08. The molecule has 2 aromatic rings. The van der Waals surface area contributed by atoms with Gasteiger partial charge in [-0.2, -0.15) is 0 Å². The van der Waals surface area contributed by atoms with Gasteiger partial charge in [0.15, 0.2) is 0 Å². The molecule has 0 heterocycles. The molecule has 0 amide bonds. The van der Waals surface area contributed by atoms with Crippen molar-refractivity contribution >= 4 is 28.9 Å². The minimum Gasteiger partial charge on any atom is -0.494 e. The number of hydrogen-bond donors (Lipinski definition) is 1. The van der Waals surface area contributed by atoms with Gasteiger partial charge in [-0.1, -0.05) is 36.2 Å². The van der Waals surface area contributed by atoms with Crippen molar-refractivity contribution in [2.45, 2.75) is 26.4 Å². The topological polar surface area (TPSA) is 30.5 Å². The first-order valence-corrected chi connectivity index (χ1v) is 8.42. The Balaban J connectivity index is 1.87. The SMILES string of the molecule is CCCOc1cccc(NCC(C)Oc2ccc(Cl)cc2Cl)c1. The van der Waals surface area contributed by atoms with Crippen LogP contribution in [0.3, 0.4) is 0 Å². The van der Waals surface area contributed by atoms with Crippen LogP contribution in [0.2, 0.25) is 10.0 Å². The molecule has 0 radical (unpaired) electrons. The van der Waals surface area contributed by atoms with Crippen LogP contribution in [0.25, 0.3) is 0 Å². The normalized spacial score (nSPS) is 11.8. The third-order valence-corrected chi connectivity index (χ3v) is 3.65. The third-order valence-electron chi connectivity index (χ3n) is 3.12. The van der Waals surface area contributed by atoms with Crippen LogP contribution in [0.5, 0.6) is 11.5 Å². The van der Waals surface area contributed by atoms with Gasteiger partial charge in [-0.3, -0.25) is 0 Å². The Kier molecular flexibility index (Phi) is 6.87. The van der Waals surface area contributed by atoms with E-state index >= 15 is 0 Å². The summed E-state index contributed by atoms with van der Waals surface area (Å²) in [7, 11) is 0. The van der Waals surface area contributed by atoms with Gasteiger partial charge in [0.1, 0.15) is 17.6 Å². The summed E-state index contributed by atoms with van der Waals surface area (Å²) in [6.07, 6.45) is 0.943. The molecule has 0 saturated carbocycles. The smallest absolute Gasteiger partial charge is 0.138 e. The van der Waals surface area contributed by atoms with E-state index in [1.807, 2.05) is 31.2 Å². The summed E-state index contributed by atoms with van der Waals surface area (Å²) < 4.78 is 11.5. The Morgan fingerprint density at radius 1 is 1.13 bits per heavy atom. The summed E-state index contributed by atoms with van der Waals surface area (Å²) in [6.45, 7) is 5.44. The molecule has 0 aromatic heterocycles. The second kappa shape index (κ2) is 8.90. The van der Waals surface area contributed by atoms with Crippen LogP contribution < -0.4 is 14.8 Å². The maximum Gasteiger partial charge on any atom is 0.138 e. The van der Waals surface area contributed by atoms with Crippen LogP contribution in [0.15, 0.2) is 42.5 Å². The Bertz CT molecular complexity index is 634. The first-order valence-electron chi connectivity index (χ1n) is 7.67. The van der Waals surface area contributed by atoms with Gasteiger partial charge in [-0.15, -0.1) is 0 Å². The maximum absolute atomic E-state index is 6.11. The molecule has 1 atom stereocenters. The molecule has 2 rings (SSSR count). The molecule has 2 aromatic carbocycles. The van der Waals surface area contributed by atoms with E-state index in [9.17, 15) is 0 Å². The summed E-state index contributed by atoms with van der Waals surface area (Å²) >= 11 is 12.0. The molecule has 124 valence electrons. The second-order valence-corrected chi connectivity index (χ2v) is 6.10. The fraction of sp³-hybridized carbons (Fsp3) is 0.333. The van der Waals surface area contributed by atoms with Gasteiger partial charge in [0.2, 0.25) is 0 Å². The zero-order chi connectivity index (χ0) is 16.7. The van der Waals surface area contributed by atoms with E-state index in [-0.39, 0.29) is 6.10 Å². The van der Waals surface area contributed by atoms with Crippen LogP contribution in [-0.2, 0) is 0 Å². The van der Waals surface area contributed by atoms with Gasteiger partial charge in [0.05, 0.1) is 18.2 Å². The largest absolute Gasteiger partial charge is 0.494 e. The van der Waals surface area contributed by atoms with E-state index in [0.29, 0.717) is 22.3 Å². The quantitative estimate of drug-likeness (QED) is 0.663. The number of benzene rings is 2. The average Bonchev–Trinajstić information content (AvgIpc) is 2.54. The minimum absolute atomic E-state index is 0.0473. The molecule has 0 bridgehead atoms. The third kappa shape index (κ3) is 5.85. The first-order chi connectivity index (χ1) is 11.1. The van der Waals surface area contributed by atoms with Crippen molar-refractivity contribution in [3.8, 4) is 11.5 Å². The number of halogens is 2. The lowest BCUT2D eigenvalue weighted by atomic mass is 10.3. The fourth-order valence-corrected chi connectivity index (χ4v) is 2.46. The lowest BCUT2D eigenvalue weighted by Gasteiger charge is -2.17. The molecule has 0 aliphatic rings. The number of anilines is 1. The zero-order valence-corrected chi connectivity index (χ0v) is 14.8. The van der Waals surface area contributed by atoms with E-state index < -0.39 is 0 Å². The van der Waals surface area contributed by atoms with Gasteiger partial charge < -0.3 is 14.8 Å². The van der Waals surface area contributed by atoms with Gasteiger partial charge >= 0.3 is 0 Å². The van der Waals surface area contributed by atoms with Crippen LogP contribution in [0.1, 0.15) is 20.3 Å². The second-order valence-electron chi connectivity index (χ2n) is 5.26. The summed E-state index contributed by atoms with van der Waals surface area (Å²) in [5.41, 5.74) is 0.997. The van der Waals surface area contributed by atoms with Crippen molar-refractivity contribution in [1.29, 1.82) is 0 Å². The summed E-state index contributed by atoms with van der Waals surface area (Å²) in [6, 6.07) is 13.1. The zero-order valence-electron chi connectivity index (χ0n) is 13.3. The standard InChI is InChI=1S/C18H21Cl2NO2/c1-3-9-22-16-6-4-5-15(11-16)21-12-13(2)23-18-8-7-14(19)10-17(18)20/h4-8,10-11,13,21H,3,9,12H2,1-2H3. The molecule has 0 saturated heterocycles. The maximum atomic E-state index is 6.11.